The van der Waals surface area contributed by atoms with Gasteiger partial charge < -0.3 is 10.4 Å². The molecule has 1 rings (SSSR count). The molecule has 0 saturated heterocycles. The predicted octanol–water partition coefficient (Wildman–Crippen LogP) is 1.49. The Balaban J connectivity index is 2.82. The number of aliphatic hydroxyl groups excluding tert-OH is 1. The Morgan fingerprint density at radius 2 is 2.36 bits per heavy atom. The van der Waals surface area contributed by atoms with Crippen molar-refractivity contribution in [1.82, 2.24) is 0 Å². The molecule has 0 spiro atoms. The number of nitrogens with one attached hydrogen (secondary N) is 1. The zero-order valence-electron chi connectivity index (χ0n) is 7.79. The summed E-state index contributed by atoms with van der Waals surface area (Å²) in [7, 11) is 0. The molecule has 14 heavy (non-hydrogen) atoms. The van der Waals surface area contributed by atoms with Gasteiger partial charge in [-0.1, -0.05) is 0 Å². The van der Waals surface area contributed by atoms with Crippen LogP contribution in [0.5, 0.6) is 0 Å². The molecule has 1 atom stereocenters. The summed E-state index contributed by atoms with van der Waals surface area (Å²) in [5.41, 5.74) is 0.778. The van der Waals surface area contributed by atoms with Crippen LogP contribution in [0.1, 0.15) is 12.5 Å². The zero-order chi connectivity index (χ0) is 10.6. The van der Waals surface area contributed by atoms with Crippen molar-refractivity contribution in [2.45, 2.75) is 13.0 Å². The molecule has 0 heterocycles. The Kier molecular flexibility index (Phi) is 3.43. The van der Waals surface area contributed by atoms with Gasteiger partial charge in [0.1, 0.15) is 11.9 Å². The van der Waals surface area contributed by atoms with Gasteiger partial charge in [0, 0.05) is 6.54 Å². The summed E-state index contributed by atoms with van der Waals surface area (Å²) in [6, 6.07) is 5.78. The molecule has 0 unspecified atom stereocenters. The van der Waals surface area contributed by atoms with E-state index in [1.807, 2.05) is 6.07 Å². The van der Waals surface area contributed by atoms with E-state index < -0.39 is 11.9 Å². The van der Waals surface area contributed by atoms with Gasteiger partial charge in [0.25, 0.3) is 0 Å². The number of nitrogens with zero attached hydrogens (tertiary/aromatic N) is 1. The average molecular weight is 194 g/mol. The summed E-state index contributed by atoms with van der Waals surface area (Å²) in [6.07, 6.45) is -0.508. The van der Waals surface area contributed by atoms with Crippen LogP contribution < -0.4 is 5.32 Å². The predicted molar refractivity (Wildman–Crippen MR) is 51.3 cm³/mol. The van der Waals surface area contributed by atoms with Crippen LogP contribution in [0.4, 0.5) is 10.1 Å². The Hall–Kier alpha value is -1.60. The normalized spacial score (nSPS) is 11.9. The second kappa shape index (κ2) is 4.58. The minimum Gasteiger partial charge on any atom is -0.392 e. The van der Waals surface area contributed by atoms with Gasteiger partial charge in [0.05, 0.1) is 17.4 Å². The number of rotatable bonds is 3. The maximum Gasteiger partial charge on any atom is 0.124 e. The van der Waals surface area contributed by atoms with Gasteiger partial charge in [-0.3, -0.25) is 0 Å². The monoisotopic (exact) mass is 194 g/mol. The van der Waals surface area contributed by atoms with E-state index in [-0.39, 0.29) is 5.56 Å². The highest BCUT2D eigenvalue weighted by atomic mass is 19.1. The third-order valence-electron chi connectivity index (χ3n) is 1.69. The highest BCUT2D eigenvalue weighted by Gasteiger charge is 2.03. The Morgan fingerprint density at radius 3 is 2.93 bits per heavy atom. The largest absolute Gasteiger partial charge is 0.392 e. The van der Waals surface area contributed by atoms with E-state index in [4.69, 9.17) is 10.4 Å². The van der Waals surface area contributed by atoms with E-state index in [1.165, 1.54) is 12.1 Å². The van der Waals surface area contributed by atoms with Gasteiger partial charge in [-0.25, -0.2) is 4.39 Å². The fourth-order valence-electron chi connectivity index (χ4n) is 1.02. The number of halogens is 1. The number of benzene rings is 1. The second-order valence-electron chi connectivity index (χ2n) is 3.03. The minimum atomic E-state index is -0.508. The maximum absolute atomic E-state index is 12.7. The van der Waals surface area contributed by atoms with E-state index in [0.29, 0.717) is 12.2 Å². The van der Waals surface area contributed by atoms with E-state index in [2.05, 4.69) is 5.32 Å². The smallest absolute Gasteiger partial charge is 0.124 e. The van der Waals surface area contributed by atoms with E-state index in [1.54, 1.807) is 6.92 Å². The molecule has 2 N–H and O–H groups in total. The lowest BCUT2D eigenvalue weighted by Crippen LogP contribution is -2.15. The van der Waals surface area contributed by atoms with Crippen molar-refractivity contribution in [2.24, 2.45) is 0 Å². The SMILES string of the molecule is C[C@@H](O)CNc1ccc(F)cc1C#N. The molecule has 0 aromatic heterocycles. The molecule has 0 aliphatic heterocycles. The summed E-state index contributed by atoms with van der Waals surface area (Å²) in [5, 5.41) is 20.6. The van der Waals surface area contributed by atoms with Crippen LogP contribution in [0.25, 0.3) is 0 Å². The maximum atomic E-state index is 12.7. The van der Waals surface area contributed by atoms with Crippen molar-refractivity contribution in [3.63, 3.8) is 0 Å². The molecule has 0 aliphatic carbocycles. The van der Waals surface area contributed by atoms with Crippen molar-refractivity contribution in [3.05, 3.63) is 29.6 Å². The standard InChI is InChI=1S/C10H11FN2O/c1-7(14)6-13-10-3-2-9(11)4-8(10)5-12/h2-4,7,13-14H,6H2,1H3/t7-/m1/s1. The van der Waals surface area contributed by atoms with Crippen molar-refractivity contribution in [2.75, 3.05) is 11.9 Å². The third-order valence-corrected chi connectivity index (χ3v) is 1.69. The van der Waals surface area contributed by atoms with Crippen LogP contribution in [0.3, 0.4) is 0 Å². The first-order valence-electron chi connectivity index (χ1n) is 4.25. The first kappa shape index (κ1) is 10.5. The van der Waals surface area contributed by atoms with Gasteiger partial charge in [0.15, 0.2) is 0 Å². The number of anilines is 1. The van der Waals surface area contributed by atoms with Gasteiger partial charge >= 0.3 is 0 Å². The van der Waals surface area contributed by atoms with Crippen LogP contribution in [0.2, 0.25) is 0 Å². The quantitative estimate of drug-likeness (QED) is 0.766. The summed E-state index contributed by atoms with van der Waals surface area (Å²) < 4.78 is 12.7. The number of nitriles is 1. The molecule has 4 heteroatoms. The van der Waals surface area contributed by atoms with E-state index in [9.17, 15) is 4.39 Å². The highest BCUT2D eigenvalue weighted by molar-refractivity contribution is 5.57. The summed E-state index contributed by atoms with van der Waals surface area (Å²) >= 11 is 0. The Labute approximate surface area is 81.8 Å². The molecule has 1 aromatic carbocycles. The minimum absolute atomic E-state index is 0.241. The molecule has 3 nitrogen and oxygen atoms in total. The lowest BCUT2D eigenvalue weighted by Gasteiger charge is -2.09. The van der Waals surface area contributed by atoms with Gasteiger partial charge in [0.2, 0.25) is 0 Å². The molecule has 1 aromatic rings. The van der Waals surface area contributed by atoms with Gasteiger partial charge in [-0.05, 0) is 25.1 Å². The van der Waals surface area contributed by atoms with Gasteiger partial charge in [-0.2, -0.15) is 5.26 Å². The van der Waals surface area contributed by atoms with E-state index in [0.717, 1.165) is 6.07 Å². The molecule has 0 fully saturated rings. The topological polar surface area (TPSA) is 56.0 Å². The van der Waals surface area contributed by atoms with Crippen LogP contribution in [0, 0.1) is 17.1 Å². The lowest BCUT2D eigenvalue weighted by atomic mass is 10.2. The summed E-state index contributed by atoms with van der Waals surface area (Å²) in [5.74, 6) is -0.441. The summed E-state index contributed by atoms with van der Waals surface area (Å²) in [4.78, 5) is 0. The highest BCUT2D eigenvalue weighted by Crippen LogP contribution is 2.15. The van der Waals surface area contributed by atoms with Crippen LogP contribution in [-0.4, -0.2) is 17.8 Å². The Morgan fingerprint density at radius 1 is 1.64 bits per heavy atom. The van der Waals surface area contributed by atoms with Crippen LogP contribution in [0.15, 0.2) is 18.2 Å². The zero-order valence-corrected chi connectivity index (χ0v) is 7.79. The van der Waals surface area contributed by atoms with Crippen LogP contribution in [-0.2, 0) is 0 Å². The van der Waals surface area contributed by atoms with Crippen molar-refractivity contribution in [1.29, 1.82) is 5.26 Å². The average Bonchev–Trinajstić information content (AvgIpc) is 2.15. The molecular formula is C10H11FN2O. The first-order chi connectivity index (χ1) is 6.63. The Bertz CT molecular complexity index is 358. The fourth-order valence-corrected chi connectivity index (χ4v) is 1.02. The van der Waals surface area contributed by atoms with Crippen molar-refractivity contribution >= 4 is 5.69 Å². The van der Waals surface area contributed by atoms with E-state index >= 15 is 0 Å². The molecular weight excluding hydrogens is 183 g/mol. The molecule has 74 valence electrons. The first-order valence-corrected chi connectivity index (χ1v) is 4.25. The molecule has 0 amide bonds. The third kappa shape index (κ3) is 2.71. The van der Waals surface area contributed by atoms with Crippen molar-refractivity contribution < 1.29 is 9.50 Å². The summed E-state index contributed by atoms with van der Waals surface area (Å²) in [6.45, 7) is 1.96. The van der Waals surface area contributed by atoms with Crippen LogP contribution >= 0.6 is 0 Å². The molecule has 0 radical (unpaired) electrons. The van der Waals surface area contributed by atoms with Gasteiger partial charge in [-0.15, -0.1) is 0 Å². The number of hydrogen-bond donors (Lipinski definition) is 2. The number of hydrogen-bond acceptors (Lipinski definition) is 3. The second-order valence-corrected chi connectivity index (χ2v) is 3.03. The lowest BCUT2D eigenvalue weighted by molar-refractivity contribution is 0.208. The molecule has 0 bridgehead atoms. The molecule has 0 saturated carbocycles. The van der Waals surface area contributed by atoms with Crippen molar-refractivity contribution in [3.8, 4) is 6.07 Å². The molecule has 0 aliphatic rings. The fraction of sp³-hybridized carbons (Fsp3) is 0.300. The number of aliphatic hydroxyl groups is 1.